The van der Waals surface area contributed by atoms with E-state index in [1.54, 1.807) is 11.8 Å². The highest BCUT2D eigenvalue weighted by molar-refractivity contribution is 7.98. The fourth-order valence-corrected chi connectivity index (χ4v) is 3.60. The summed E-state index contributed by atoms with van der Waals surface area (Å²) in [6.07, 6.45) is 0. The number of nitrogen functional groups attached to an aromatic ring is 1. The Morgan fingerprint density at radius 2 is 1.95 bits per heavy atom. The molecule has 0 unspecified atom stereocenters. The van der Waals surface area contributed by atoms with E-state index < -0.39 is 0 Å². The molecule has 1 aromatic carbocycles. The number of hydrogen-bond donors (Lipinski definition) is 2. The van der Waals surface area contributed by atoms with Gasteiger partial charge in [-0.3, -0.25) is 10.2 Å². The first-order valence-corrected chi connectivity index (χ1v) is 8.22. The van der Waals surface area contributed by atoms with Crippen molar-refractivity contribution < 1.29 is 4.79 Å². The van der Waals surface area contributed by atoms with Crippen LogP contribution in [0.4, 0.5) is 0 Å². The average Bonchev–Trinajstić information content (AvgIpc) is 2.93. The van der Waals surface area contributed by atoms with Crippen molar-refractivity contribution in [3.63, 3.8) is 0 Å². The summed E-state index contributed by atoms with van der Waals surface area (Å²) in [5.41, 5.74) is 3.50. The molecular formula is C15H18N2OS2. The van der Waals surface area contributed by atoms with E-state index >= 15 is 0 Å². The number of thiophene rings is 1. The summed E-state index contributed by atoms with van der Waals surface area (Å²) in [4.78, 5) is 14.4. The van der Waals surface area contributed by atoms with Crippen molar-refractivity contribution in [2.45, 2.75) is 30.4 Å². The second kappa shape index (κ2) is 6.92. The Morgan fingerprint density at radius 3 is 2.55 bits per heavy atom. The standard InChI is InChI=1S/C15H18N2OS2/c1-10(2)11-3-5-12(6-4-11)19-9-13-7-8-14(20-13)15(18)17-16/h3-8,10H,9,16H2,1-2H3,(H,17,18). The summed E-state index contributed by atoms with van der Waals surface area (Å²) in [6.45, 7) is 4.38. The lowest BCUT2D eigenvalue weighted by Crippen LogP contribution is -2.29. The number of nitrogens with two attached hydrogens (primary N) is 1. The topological polar surface area (TPSA) is 55.1 Å². The molecule has 20 heavy (non-hydrogen) atoms. The van der Waals surface area contributed by atoms with Crippen molar-refractivity contribution in [3.8, 4) is 0 Å². The van der Waals surface area contributed by atoms with Crippen molar-refractivity contribution in [2.24, 2.45) is 5.84 Å². The van der Waals surface area contributed by atoms with Gasteiger partial charge in [-0.1, -0.05) is 26.0 Å². The number of carbonyl (C=O) groups excluding carboxylic acids is 1. The number of hydrogen-bond acceptors (Lipinski definition) is 4. The van der Waals surface area contributed by atoms with Crippen LogP contribution in [-0.2, 0) is 5.75 Å². The summed E-state index contributed by atoms with van der Waals surface area (Å²) in [5, 5.41) is 0. The highest BCUT2D eigenvalue weighted by Crippen LogP contribution is 2.28. The van der Waals surface area contributed by atoms with Crippen LogP contribution in [-0.4, -0.2) is 5.91 Å². The van der Waals surface area contributed by atoms with Crippen LogP contribution >= 0.6 is 23.1 Å². The summed E-state index contributed by atoms with van der Waals surface area (Å²) >= 11 is 3.25. The highest BCUT2D eigenvalue weighted by Gasteiger charge is 2.07. The van der Waals surface area contributed by atoms with Gasteiger partial charge in [0.15, 0.2) is 0 Å². The van der Waals surface area contributed by atoms with Crippen molar-refractivity contribution in [1.82, 2.24) is 5.43 Å². The molecule has 2 rings (SSSR count). The first-order valence-electron chi connectivity index (χ1n) is 6.42. The number of amides is 1. The number of benzene rings is 1. The number of nitrogens with one attached hydrogen (secondary N) is 1. The van der Waals surface area contributed by atoms with Crippen molar-refractivity contribution in [1.29, 1.82) is 0 Å². The Labute approximate surface area is 127 Å². The molecule has 0 aliphatic carbocycles. The van der Waals surface area contributed by atoms with E-state index in [1.165, 1.54) is 26.7 Å². The molecule has 0 spiro atoms. The van der Waals surface area contributed by atoms with Crippen LogP contribution in [0.2, 0.25) is 0 Å². The van der Waals surface area contributed by atoms with Crippen molar-refractivity contribution in [3.05, 3.63) is 51.7 Å². The fourth-order valence-electron chi connectivity index (χ4n) is 1.75. The molecule has 0 fully saturated rings. The molecule has 0 radical (unpaired) electrons. The molecule has 3 nitrogen and oxygen atoms in total. The van der Waals surface area contributed by atoms with E-state index in [1.807, 2.05) is 12.1 Å². The Kier molecular flexibility index (Phi) is 5.23. The Bertz CT molecular complexity index is 576. The van der Waals surface area contributed by atoms with Gasteiger partial charge < -0.3 is 0 Å². The van der Waals surface area contributed by atoms with Gasteiger partial charge in [-0.25, -0.2) is 5.84 Å². The lowest BCUT2D eigenvalue weighted by molar-refractivity contribution is 0.0957. The van der Waals surface area contributed by atoms with Gasteiger partial charge in [0.1, 0.15) is 0 Å². The molecule has 5 heteroatoms. The van der Waals surface area contributed by atoms with Crippen LogP contribution in [0.25, 0.3) is 0 Å². The second-order valence-corrected chi connectivity index (χ2v) is 6.97. The number of thioether (sulfide) groups is 1. The van der Waals surface area contributed by atoms with Crippen LogP contribution in [0.15, 0.2) is 41.3 Å². The minimum Gasteiger partial charge on any atom is -0.289 e. The lowest BCUT2D eigenvalue weighted by Gasteiger charge is -2.06. The maximum Gasteiger partial charge on any atom is 0.275 e. The first kappa shape index (κ1) is 15.1. The van der Waals surface area contributed by atoms with Gasteiger partial charge in [0.25, 0.3) is 5.91 Å². The monoisotopic (exact) mass is 306 g/mol. The first-order chi connectivity index (χ1) is 9.60. The van der Waals surface area contributed by atoms with E-state index in [0.29, 0.717) is 10.8 Å². The van der Waals surface area contributed by atoms with Gasteiger partial charge in [-0.15, -0.1) is 23.1 Å². The molecule has 3 N–H and O–H groups in total. The Hall–Kier alpha value is -1.30. The Balaban J connectivity index is 1.94. The molecular weight excluding hydrogens is 288 g/mol. The van der Waals surface area contributed by atoms with Gasteiger partial charge in [0.2, 0.25) is 0 Å². The van der Waals surface area contributed by atoms with Gasteiger partial charge in [0, 0.05) is 15.5 Å². The van der Waals surface area contributed by atoms with Gasteiger partial charge in [-0.2, -0.15) is 0 Å². The van der Waals surface area contributed by atoms with Gasteiger partial charge in [-0.05, 0) is 35.7 Å². The van der Waals surface area contributed by atoms with Crippen LogP contribution in [0.5, 0.6) is 0 Å². The van der Waals surface area contributed by atoms with Crippen LogP contribution in [0, 0.1) is 0 Å². The highest BCUT2D eigenvalue weighted by atomic mass is 32.2. The normalized spacial score (nSPS) is 10.8. The molecule has 0 saturated carbocycles. The zero-order valence-electron chi connectivity index (χ0n) is 11.6. The smallest absolute Gasteiger partial charge is 0.275 e. The van der Waals surface area contributed by atoms with Gasteiger partial charge >= 0.3 is 0 Å². The Morgan fingerprint density at radius 1 is 1.25 bits per heavy atom. The largest absolute Gasteiger partial charge is 0.289 e. The van der Waals surface area contributed by atoms with Crippen molar-refractivity contribution >= 4 is 29.0 Å². The van der Waals surface area contributed by atoms with E-state index in [4.69, 9.17) is 5.84 Å². The maximum atomic E-state index is 11.4. The van der Waals surface area contributed by atoms with Crippen LogP contribution in [0.3, 0.4) is 0 Å². The number of carbonyl (C=O) groups is 1. The molecule has 0 atom stereocenters. The third-order valence-electron chi connectivity index (χ3n) is 2.94. The number of hydrazine groups is 1. The summed E-state index contributed by atoms with van der Waals surface area (Å²) in [5.74, 6) is 6.31. The molecule has 1 aromatic heterocycles. The minimum atomic E-state index is -0.229. The molecule has 1 heterocycles. The summed E-state index contributed by atoms with van der Waals surface area (Å²) in [6, 6.07) is 12.4. The van der Waals surface area contributed by atoms with E-state index in [2.05, 4.69) is 43.5 Å². The molecule has 0 aliphatic rings. The fraction of sp³-hybridized carbons (Fsp3) is 0.267. The van der Waals surface area contributed by atoms with E-state index in [0.717, 1.165) is 5.75 Å². The lowest BCUT2D eigenvalue weighted by atomic mass is 10.0. The zero-order valence-corrected chi connectivity index (χ0v) is 13.2. The van der Waals surface area contributed by atoms with Crippen LogP contribution in [0.1, 0.15) is 39.9 Å². The predicted octanol–water partition coefficient (Wildman–Crippen LogP) is 3.77. The molecule has 1 amide bonds. The van der Waals surface area contributed by atoms with Gasteiger partial charge in [0.05, 0.1) is 4.88 Å². The average molecular weight is 306 g/mol. The minimum absolute atomic E-state index is 0.229. The molecule has 106 valence electrons. The second-order valence-electron chi connectivity index (χ2n) is 4.75. The third-order valence-corrected chi connectivity index (χ3v) is 5.27. The molecule has 0 aliphatic heterocycles. The number of rotatable bonds is 5. The van der Waals surface area contributed by atoms with Crippen LogP contribution < -0.4 is 11.3 Å². The molecule has 0 saturated heterocycles. The predicted molar refractivity (Wildman–Crippen MR) is 86.1 cm³/mol. The van der Waals surface area contributed by atoms with Crippen molar-refractivity contribution in [2.75, 3.05) is 0 Å². The van der Waals surface area contributed by atoms with E-state index in [-0.39, 0.29) is 5.91 Å². The maximum absolute atomic E-state index is 11.4. The summed E-state index contributed by atoms with van der Waals surface area (Å²) in [7, 11) is 0. The summed E-state index contributed by atoms with van der Waals surface area (Å²) < 4.78 is 0. The third kappa shape index (κ3) is 3.85. The quantitative estimate of drug-likeness (QED) is 0.383. The SMILES string of the molecule is CC(C)c1ccc(SCc2ccc(C(=O)NN)s2)cc1. The zero-order chi connectivity index (χ0) is 14.5. The molecule has 0 bridgehead atoms. The van der Waals surface area contributed by atoms with E-state index in [9.17, 15) is 4.79 Å². The molecule has 2 aromatic rings.